The highest BCUT2D eigenvalue weighted by Gasteiger charge is 2.15. The predicted molar refractivity (Wildman–Crippen MR) is 91.2 cm³/mol. The van der Waals surface area contributed by atoms with Gasteiger partial charge in [-0.15, -0.1) is 10.2 Å². The zero-order chi connectivity index (χ0) is 17.6. The van der Waals surface area contributed by atoms with Crippen LogP contribution in [0, 0.1) is 0 Å². The van der Waals surface area contributed by atoms with Crippen molar-refractivity contribution in [2.75, 3.05) is 6.54 Å². The Morgan fingerprint density at radius 2 is 1.88 bits per heavy atom. The van der Waals surface area contributed by atoms with Gasteiger partial charge in [0.2, 0.25) is 0 Å². The molecule has 3 rings (SSSR count). The van der Waals surface area contributed by atoms with Gasteiger partial charge in [-0.25, -0.2) is 0 Å². The van der Waals surface area contributed by atoms with E-state index in [0.717, 1.165) is 11.1 Å². The first-order valence-corrected chi connectivity index (χ1v) is 7.78. The molecule has 2 aromatic heterocycles. The van der Waals surface area contributed by atoms with Gasteiger partial charge < -0.3 is 16.4 Å². The van der Waals surface area contributed by atoms with Crippen LogP contribution in [0.3, 0.4) is 0 Å². The highest BCUT2D eigenvalue weighted by molar-refractivity contribution is 6.35. The Kier molecular flexibility index (Phi) is 5.00. The fourth-order valence-electron chi connectivity index (χ4n) is 2.33. The smallest absolute Gasteiger partial charge is 0.309 e. The number of nitrogens with zero attached hydrogens (tertiary/aromatic N) is 3. The van der Waals surface area contributed by atoms with Crippen molar-refractivity contribution < 1.29 is 9.59 Å². The van der Waals surface area contributed by atoms with Crippen molar-refractivity contribution in [3.8, 4) is 0 Å². The Hall–Kier alpha value is -3.26. The SMILES string of the molecule is N[C@H](CNC(=O)C(=O)NCc1ccn2cnnc2c1)c1ccccc1. The van der Waals surface area contributed by atoms with Crippen molar-refractivity contribution in [3.63, 3.8) is 0 Å². The molecule has 1 aromatic carbocycles. The summed E-state index contributed by atoms with van der Waals surface area (Å²) in [6.07, 6.45) is 3.37. The molecule has 0 spiro atoms. The number of benzene rings is 1. The van der Waals surface area contributed by atoms with Gasteiger partial charge in [0.1, 0.15) is 6.33 Å². The molecule has 8 heteroatoms. The van der Waals surface area contributed by atoms with E-state index in [1.54, 1.807) is 23.0 Å². The first-order valence-electron chi connectivity index (χ1n) is 7.78. The number of nitrogens with one attached hydrogen (secondary N) is 2. The van der Waals surface area contributed by atoms with Gasteiger partial charge in [-0.1, -0.05) is 30.3 Å². The lowest BCUT2D eigenvalue weighted by molar-refractivity contribution is -0.139. The number of amides is 2. The molecule has 0 radical (unpaired) electrons. The maximum atomic E-state index is 11.9. The van der Waals surface area contributed by atoms with Crippen LogP contribution in [-0.2, 0) is 16.1 Å². The van der Waals surface area contributed by atoms with Crippen molar-refractivity contribution in [2.24, 2.45) is 5.73 Å². The van der Waals surface area contributed by atoms with E-state index in [9.17, 15) is 9.59 Å². The Morgan fingerprint density at radius 3 is 2.68 bits per heavy atom. The van der Waals surface area contributed by atoms with Gasteiger partial charge in [0.05, 0.1) is 0 Å². The van der Waals surface area contributed by atoms with Crippen LogP contribution in [-0.4, -0.2) is 33.0 Å². The van der Waals surface area contributed by atoms with E-state index < -0.39 is 11.8 Å². The number of hydrogen-bond donors (Lipinski definition) is 3. The van der Waals surface area contributed by atoms with Gasteiger partial charge in [0, 0.05) is 25.3 Å². The Balaban J connectivity index is 1.48. The number of nitrogens with two attached hydrogens (primary N) is 1. The number of rotatable bonds is 5. The third kappa shape index (κ3) is 4.18. The topological polar surface area (TPSA) is 114 Å². The van der Waals surface area contributed by atoms with Crippen molar-refractivity contribution in [1.82, 2.24) is 25.2 Å². The molecule has 2 amide bonds. The molecule has 4 N–H and O–H groups in total. The van der Waals surface area contributed by atoms with E-state index in [4.69, 9.17) is 5.73 Å². The van der Waals surface area contributed by atoms with Crippen molar-refractivity contribution >= 4 is 17.5 Å². The van der Waals surface area contributed by atoms with Gasteiger partial charge in [-0.05, 0) is 23.3 Å². The zero-order valence-electron chi connectivity index (χ0n) is 13.4. The molecular formula is C17H18N6O2. The Labute approximate surface area is 144 Å². The molecule has 2 heterocycles. The maximum absolute atomic E-state index is 11.9. The maximum Gasteiger partial charge on any atom is 0.309 e. The first-order chi connectivity index (χ1) is 12.1. The quantitative estimate of drug-likeness (QED) is 0.574. The van der Waals surface area contributed by atoms with Crippen molar-refractivity contribution in [1.29, 1.82) is 0 Å². The van der Waals surface area contributed by atoms with Gasteiger partial charge in [-0.3, -0.25) is 14.0 Å². The summed E-state index contributed by atoms with van der Waals surface area (Å²) in [6, 6.07) is 12.6. The normalized spacial score (nSPS) is 11.9. The van der Waals surface area contributed by atoms with Crippen LogP contribution >= 0.6 is 0 Å². The summed E-state index contributed by atoms with van der Waals surface area (Å²) in [5.74, 6) is -1.42. The third-order valence-corrected chi connectivity index (χ3v) is 3.73. The van der Waals surface area contributed by atoms with Crippen LogP contribution < -0.4 is 16.4 Å². The van der Waals surface area contributed by atoms with E-state index >= 15 is 0 Å². The fraction of sp³-hybridized carbons (Fsp3) is 0.176. The molecule has 128 valence electrons. The van der Waals surface area contributed by atoms with Crippen LogP contribution in [0.15, 0.2) is 55.0 Å². The van der Waals surface area contributed by atoms with E-state index in [-0.39, 0.29) is 19.1 Å². The lowest BCUT2D eigenvalue weighted by atomic mass is 10.1. The predicted octanol–water partition coefficient (Wildman–Crippen LogP) is 0.162. The monoisotopic (exact) mass is 338 g/mol. The van der Waals surface area contributed by atoms with Gasteiger partial charge >= 0.3 is 11.8 Å². The molecule has 0 aliphatic rings. The van der Waals surface area contributed by atoms with E-state index in [2.05, 4.69) is 20.8 Å². The molecule has 8 nitrogen and oxygen atoms in total. The lowest BCUT2D eigenvalue weighted by Crippen LogP contribution is -2.42. The molecule has 0 aliphatic carbocycles. The summed E-state index contributed by atoms with van der Waals surface area (Å²) in [5.41, 5.74) is 8.38. The van der Waals surface area contributed by atoms with Crippen LogP contribution in [0.4, 0.5) is 0 Å². The molecule has 0 saturated carbocycles. The standard InChI is InChI=1S/C17H18N6O2/c18-14(13-4-2-1-3-5-13)10-20-17(25)16(24)19-9-12-6-7-23-11-21-22-15(23)8-12/h1-8,11,14H,9-10,18H2,(H,19,24)(H,20,25)/t14-/m1/s1. The van der Waals surface area contributed by atoms with Gasteiger partial charge in [0.25, 0.3) is 0 Å². The van der Waals surface area contributed by atoms with Crippen LogP contribution in [0.1, 0.15) is 17.2 Å². The number of carbonyl (C=O) groups is 2. The minimum atomic E-state index is -0.713. The number of hydrogen-bond acceptors (Lipinski definition) is 5. The zero-order valence-corrected chi connectivity index (χ0v) is 13.4. The second kappa shape index (κ2) is 7.54. The first kappa shape index (κ1) is 16.6. The molecule has 25 heavy (non-hydrogen) atoms. The summed E-state index contributed by atoms with van der Waals surface area (Å²) in [6.45, 7) is 0.405. The average Bonchev–Trinajstić information content (AvgIpc) is 3.12. The molecule has 1 atom stereocenters. The van der Waals surface area contributed by atoms with Gasteiger partial charge in [0.15, 0.2) is 5.65 Å². The van der Waals surface area contributed by atoms with Crippen LogP contribution in [0.2, 0.25) is 0 Å². The second-order valence-electron chi connectivity index (χ2n) is 5.54. The molecule has 0 saturated heterocycles. The average molecular weight is 338 g/mol. The van der Waals surface area contributed by atoms with Crippen LogP contribution in [0.25, 0.3) is 5.65 Å². The molecule has 0 unspecified atom stereocenters. The minimum absolute atomic E-state index is 0.183. The van der Waals surface area contributed by atoms with E-state index in [1.165, 1.54) is 0 Å². The van der Waals surface area contributed by atoms with E-state index in [1.807, 2.05) is 36.4 Å². The highest BCUT2D eigenvalue weighted by Crippen LogP contribution is 2.07. The number of carbonyl (C=O) groups excluding carboxylic acids is 2. The fourth-order valence-corrected chi connectivity index (χ4v) is 2.33. The number of pyridine rings is 1. The summed E-state index contributed by atoms with van der Waals surface area (Å²) in [7, 11) is 0. The van der Waals surface area contributed by atoms with Crippen LogP contribution in [0.5, 0.6) is 0 Å². The largest absolute Gasteiger partial charge is 0.346 e. The summed E-state index contributed by atoms with van der Waals surface area (Å²) in [5, 5.41) is 12.8. The highest BCUT2D eigenvalue weighted by atomic mass is 16.2. The summed E-state index contributed by atoms with van der Waals surface area (Å²) in [4.78, 5) is 23.7. The molecule has 3 aromatic rings. The summed E-state index contributed by atoms with van der Waals surface area (Å²) >= 11 is 0. The van der Waals surface area contributed by atoms with Crippen molar-refractivity contribution in [2.45, 2.75) is 12.6 Å². The second-order valence-corrected chi connectivity index (χ2v) is 5.54. The number of fused-ring (bicyclic) bond motifs is 1. The Bertz CT molecular complexity index is 877. The Morgan fingerprint density at radius 1 is 1.12 bits per heavy atom. The van der Waals surface area contributed by atoms with Crippen molar-refractivity contribution in [3.05, 3.63) is 66.1 Å². The number of aromatic nitrogens is 3. The molecule has 0 aliphatic heterocycles. The lowest BCUT2D eigenvalue weighted by Gasteiger charge is -2.13. The molecule has 0 fully saturated rings. The van der Waals surface area contributed by atoms with Gasteiger partial charge in [-0.2, -0.15) is 0 Å². The third-order valence-electron chi connectivity index (χ3n) is 3.73. The molecule has 0 bridgehead atoms. The van der Waals surface area contributed by atoms with E-state index in [0.29, 0.717) is 5.65 Å². The minimum Gasteiger partial charge on any atom is -0.346 e. The summed E-state index contributed by atoms with van der Waals surface area (Å²) < 4.78 is 1.75. The molecular weight excluding hydrogens is 320 g/mol.